The molecule has 0 spiro atoms. The summed E-state index contributed by atoms with van der Waals surface area (Å²) >= 11 is 0. The van der Waals surface area contributed by atoms with Crippen molar-refractivity contribution >= 4 is 23.1 Å². The summed E-state index contributed by atoms with van der Waals surface area (Å²) < 4.78 is 5.55. The maximum atomic E-state index is 9.52. The summed E-state index contributed by atoms with van der Waals surface area (Å²) in [5.41, 5.74) is 1.41. The minimum atomic E-state index is -0.877. The maximum absolute atomic E-state index is 9.52. The van der Waals surface area contributed by atoms with Crippen LogP contribution in [0.25, 0.3) is 23.1 Å². The zero-order valence-electron chi connectivity index (χ0n) is 7.92. The molecule has 1 aliphatic carbocycles. The number of furan rings is 1. The Morgan fingerprint density at radius 1 is 1.00 bits per heavy atom. The van der Waals surface area contributed by atoms with Gasteiger partial charge in [-0.15, -0.1) is 0 Å². The predicted octanol–water partition coefficient (Wildman–Crippen LogP) is -0.271. The first-order valence-corrected chi connectivity index (χ1v) is 4.83. The molecule has 0 saturated heterocycles. The molecule has 0 saturated carbocycles. The van der Waals surface area contributed by atoms with Crippen molar-refractivity contribution in [3.05, 3.63) is 34.9 Å². The van der Waals surface area contributed by atoms with E-state index in [0.29, 0.717) is 5.42 Å². The molecule has 0 amide bonds. The van der Waals surface area contributed by atoms with E-state index in [4.69, 9.17) is 4.42 Å². The topological polar surface area (TPSA) is 53.6 Å². The summed E-state index contributed by atoms with van der Waals surface area (Å²) in [4.78, 5) is 0. The second kappa shape index (κ2) is 2.95. The van der Waals surface area contributed by atoms with Crippen molar-refractivity contribution in [1.82, 2.24) is 0 Å². The molecule has 2 aromatic rings. The second-order valence-electron chi connectivity index (χ2n) is 3.69. The standard InChI is InChI=1S/C12H10O3/c13-9-5-8-7-3-1-2-4-11(7)15-12(8)6-10(9)14/h1-6,9-10,13-14H/t9-,10-/m0/s1. The van der Waals surface area contributed by atoms with Crippen LogP contribution in [0.15, 0.2) is 28.7 Å². The van der Waals surface area contributed by atoms with Gasteiger partial charge in [0.1, 0.15) is 23.2 Å². The predicted molar refractivity (Wildman–Crippen MR) is 56.4 cm³/mol. The Kier molecular flexibility index (Phi) is 1.71. The molecule has 0 aliphatic heterocycles. The quantitative estimate of drug-likeness (QED) is 0.618. The van der Waals surface area contributed by atoms with Gasteiger partial charge >= 0.3 is 0 Å². The second-order valence-corrected chi connectivity index (χ2v) is 3.69. The van der Waals surface area contributed by atoms with Crippen LogP contribution in [0.1, 0.15) is 0 Å². The van der Waals surface area contributed by atoms with Crippen molar-refractivity contribution in [3.63, 3.8) is 0 Å². The summed E-state index contributed by atoms with van der Waals surface area (Å²) in [6, 6.07) is 7.62. The van der Waals surface area contributed by atoms with Gasteiger partial charge in [-0.3, -0.25) is 0 Å². The number of hydrogen-bond donors (Lipinski definition) is 2. The number of aliphatic hydroxyl groups is 2. The van der Waals surface area contributed by atoms with Gasteiger partial charge in [-0.1, -0.05) is 18.2 Å². The highest BCUT2D eigenvalue weighted by molar-refractivity contribution is 5.79. The monoisotopic (exact) mass is 202 g/mol. The van der Waals surface area contributed by atoms with Gasteiger partial charge < -0.3 is 14.6 Å². The molecule has 76 valence electrons. The van der Waals surface area contributed by atoms with E-state index in [1.54, 1.807) is 12.2 Å². The van der Waals surface area contributed by atoms with Crippen molar-refractivity contribution in [3.8, 4) is 0 Å². The van der Waals surface area contributed by atoms with E-state index in [9.17, 15) is 10.2 Å². The van der Waals surface area contributed by atoms with E-state index in [0.717, 1.165) is 16.2 Å². The van der Waals surface area contributed by atoms with Crippen LogP contribution >= 0.6 is 0 Å². The molecule has 3 rings (SSSR count). The van der Waals surface area contributed by atoms with E-state index < -0.39 is 12.2 Å². The van der Waals surface area contributed by atoms with Crippen molar-refractivity contribution in [1.29, 1.82) is 0 Å². The van der Waals surface area contributed by atoms with Gasteiger partial charge in [0.2, 0.25) is 0 Å². The van der Waals surface area contributed by atoms with Gasteiger partial charge in [0, 0.05) is 10.6 Å². The summed E-state index contributed by atoms with van der Waals surface area (Å²) in [5, 5.41) is 20.8. The summed E-state index contributed by atoms with van der Waals surface area (Å²) in [6.07, 6.45) is 1.45. The van der Waals surface area contributed by atoms with E-state index in [2.05, 4.69) is 0 Å². The van der Waals surface area contributed by atoms with Gasteiger partial charge in [-0.2, -0.15) is 0 Å². The van der Waals surface area contributed by atoms with Crippen LogP contribution in [0.3, 0.4) is 0 Å². The molecule has 1 aromatic heterocycles. The molecular formula is C12H10O3. The summed E-state index contributed by atoms with van der Waals surface area (Å²) in [5.74, 6) is 0. The van der Waals surface area contributed by atoms with Gasteiger partial charge in [-0.25, -0.2) is 0 Å². The smallest absolute Gasteiger partial charge is 0.135 e. The molecule has 15 heavy (non-hydrogen) atoms. The Morgan fingerprint density at radius 2 is 1.73 bits per heavy atom. The molecule has 3 nitrogen and oxygen atoms in total. The van der Waals surface area contributed by atoms with Crippen LogP contribution in [-0.4, -0.2) is 22.4 Å². The molecule has 3 heteroatoms. The van der Waals surface area contributed by atoms with Crippen LogP contribution in [0.2, 0.25) is 0 Å². The third kappa shape index (κ3) is 1.21. The number of aliphatic hydroxyl groups excluding tert-OH is 2. The fraction of sp³-hybridized carbons (Fsp3) is 0.167. The van der Waals surface area contributed by atoms with E-state index in [1.807, 2.05) is 24.3 Å². The molecule has 0 fully saturated rings. The highest BCUT2D eigenvalue weighted by Gasteiger charge is 2.17. The van der Waals surface area contributed by atoms with Gasteiger partial charge in [0.15, 0.2) is 0 Å². The number of benzene rings is 1. The fourth-order valence-electron chi connectivity index (χ4n) is 1.90. The highest BCUT2D eigenvalue weighted by Crippen LogP contribution is 2.09. The van der Waals surface area contributed by atoms with E-state index in [-0.39, 0.29) is 0 Å². The summed E-state index contributed by atoms with van der Waals surface area (Å²) in [6.45, 7) is 0. The summed E-state index contributed by atoms with van der Waals surface area (Å²) in [7, 11) is 0. The zero-order chi connectivity index (χ0) is 10.4. The number of fused-ring (bicyclic) bond motifs is 3. The molecule has 0 unspecified atom stereocenters. The largest absolute Gasteiger partial charge is 0.456 e. The first-order valence-electron chi connectivity index (χ1n) is 4.83. The highest BCUT2D eigenvalue weighted by atomic mass is 16.3. The average Bonchev–Trinajstić information content (AvgIpc) is 2.57. The molecule has 0 radical (unpaired) electrons. The molecule has 0 bridgehead atoms. The Bertz CT molecular complexity index is 624. The minimum Gasteiger partial charge on any atom is -0.456 e. The SMILES string of the molecule is O[C@H]1C=c2oc3ccccc3c2=C[C@@H]1O. The van der Waals surface area contributed by atoms with Crippen LogP contribution < -0.4 is 10.6 Å². The molecule has 1 aromatic carbocycles. The molecular weight excluding hydrogens is 192 g/mol. The third-order valence-electron chi connectivity index (χ3n) is 2.67. The van der Waals surface area contributed by atoms with Gasteiger partial charge in [0.05, 0.1) is 0 Å². The fourth-order valence-corrected chi connectivity index (χ4v) is 1.90. The zero-order valence-corrected chi connectivity index (χ0v) is 7.92. The first-order chi connectivity index (χ1) is 7.25. The Labute approximate surface area is 85.6 Å². The van der Waals surface area contributed by atoms with Crippen molar-refractivity contribution in [2.75, 3.05) is 0 Å². The van der Waals surface area contributed by atoms with Gasteiger partial charge in [0.25, 0.3) is 0 Å². The minimum absolute atomic E-state index is 0.633. The average molecular weight is 202 g/mol. The lowest BCUT2D eigenvalue weighted by atomic mass is 10.1. The molecule has 1 heterocycles. The molecule has 1 aliphatic rings. The number of para-hydroxylation sites is 1. The lowest BCUT2D eigenvalue weighted by Gasteiger charge is -2.11. The van der Waals surface area contributed by atoms with Crippen LogP contribution in [-0.2, 0) is 0 Å². The molecule has 2 atom stereocenters. The van der Waals surface area contributed by atoms with Crippen LogP contribution in [0, 0.1) is 0 Å². The lowest BCUT2D eigenvalue weighted by molar-refractivity contribution is 0.0984. The first kappa shape index (κ1) is 8.71. The Morgan fingerprint density at radius 3 is 2.60 bits per heavy atom. The Balaban J connectivity index is 2.49. The van der Waals surface area contributed by atoms with Crippen molar-refractivity contribution in [2.45, 2.75) is 12.2 Å². The van der Waals surface area contributed by atoms with Gasteiger partial charge in [-0.05, 0) is 18.2 Å². The normalized spacial score (nSPS) is 24.4. The third-order valence-corrected chi connectivity index (χ3v) is 2.67. The van der Waals surface area contributed by atoms with Crippen LogP contribution in [0.4, 0.5) is 0 Å². The maximum Gasteiger partial charge on any atom is 0.135 e. The van der Waals surface area contributed by atoms with Crippen molar-refractivity contribution < 1.29 is 14.6 Å². The lowest BCUT2D eigenvalue weighted by Crippen LogP contribution is -2.35. The number of rotatable bonds is 0. The van der Waals surface area contributed by atoms with Crippen LogP contribution in [0.5, 0.6) is 0 Å². The van der Waals surface area contributed by atoms with Crippen molar-refractivity contribution in [2.24, 2.45) is 0 Å². The molecule has 2 N–H and O–H groups in total. The Hall–Kier alpha value is -1.58. The van der Waals surface area contributed by atoms with E-state index >= 15 is 0 Å². The van der Waals surface area contributed by atoms with E-state index in [1.165, 1.54) is 0 Å². The number of hydrogen-bond acceptors (Lipinski definition) is 3.